The van der Waals surface area contributed by atoms with Gasteiger partial charge in [-0.25, -0.2) is 10.2 Å². The molecule has 130 valence electrons. The summed E-state index contributed by atoms with van der Waals surface area (Å²) in [5, 5.41) is 5.26. The molecule has 4 N–H and O–H groups in total. The number of carbonyl (C=O) groups excluding carboxylic acids is 2. The van der Waals surface area contributed by atoms with Gasteiger partial charge in [-0.2, -0.15) is 0 Å². The molecule has 0 radical (unpaired) electrons. The minimum absolute atomic E-state index is 0.0732. The highest BCUT2D eigenvalue weighted by molar-refractivity contribution is 7.80. The normalized spacial score (nSPS) is 9.64. The highest BCUT2D eigenvalue weighted by Gasteiger charge is 2.08. The van der Waals surface area contributed by atoms with Crippen LogP contribution in [-0.2, 0) is 4.79 Å². The van der Waals surface area contributed by atoms with Gasteiger partial charge in [0.15, 0.2) is 11.7 Å². The van der Waals surface area contributed by atoms with Gasteiger partial charge in [0, 0.05) is 5.69 Å². The molecule has 0 unspecified atom stereocenters. The van der Waals surface area contributed by atoms with Gasteiger partial charge in [0.25, 0.3) is 5.91 Å². The van der Waals surface area contributed by atoms with E-state index in [0.717, 1.165) is 0 Å². The van der Waals surface area contributed by atoms with Gasteiger partial charge in [-0.1, -0.05) is 41.9 Å². The summed E-state index contributed by atoms with van der Waals surface area (Å²) in [4.78, 5) is 23.4. The minimum Gasteiger partial charge on any atom is -0.482 e. The Morgan fingerprint density at radius 2 is 1.68 bits per heavy atom. The third-order valence-corrected chi connectivity index (χ3v) is 3.29. The van der Waals surface area contributed by atoms with E-state index in [1.165, 1.54) is 0 Å². The number of halogens is 1. The summed E-state index contributed by atoms with van der Waals surface area (Å²) in [7, 11) is 0. The monoisotopic (exact) mass is 378 g/mol. The van der Waals surface area contributed by atoms with Gasteiger partial charge < -0.3 is 10.1 Å². The Morgan fingerprint density at radius 3 is 2.40 bits per heavy atom. The van der Waals surface area contributed by atoms with E-state index in [1.807, 2.05) is 6.07 Å². The van der Waals surface area contributed by atoms with E-state index in [1.54, 1.807) is 48.5 Å². The number of anilines is 1. The zero-order valence-electron chi connectivity index (χ0n) is 12.9. The molecule has 0 aliphatic rings. The van der Waals surface area contributed by atoms with Crippen LogP contribution in [0.1, 0.15) is 0 Å². The number of para-hydroxylation sites is 2. The van der Waals surface area contributed by atoms with Crippen LogP contribution in [-0.4, -0.2) is 23.7 Å². The lowest BCUT2D eigenvalue weighted by Gasteiger charge is -2.12. The number of rotatable bonds is 4. The average Bonchev–Trinajstić information content (AvgIpc) is 2.60. The Bertz CT molecular complexity index is 758. The maximum absolute atomic E-state index is 11.7. The molecular formula is C16H15ClN4O3S. The fourth-order valence-corrected chi connectivity index (χ4v) is 2.05. The first-order valence-corrected chi connectivity index (χ1v) is 7.92. The largest absolute Gasteiger partial charge is 0.482 e. The standard InChI is InChI=1S/C16H15ClN4O3S/c17-12-8-4-5-9-13(12)24-10-14(22)19-16(25)21-20-15(23)18-11-6-2-1-3-7-11/h1-9H,10H2,(H2,18,20,23)(H2,19,21,22,25). The van der Waals surface area contributed by atoms with E-state index in [0.29, 0.717) is 16.5 Å². The highest BCUT2D eigenvalue weighted by Crippen LogP contribution is 2.22. The van der Waals surface area contributed by atoms with Crippen LogP contribution < -0.4 is 26.2 Å². The molecule has 0 aliphatic carbocycles. The molecule has 0 atom stereocenters. The Hall–Kier alpha value is -2.84. The topological polar surface area (TPSA) is 91.5 Å². The van der Waals surface area contributed by atoms with Crippen LogP contribution in [0.4, 0.5) is 10.5 Å². The highest BCUT2D eigenvalue weighted by atomic mass is 35.5. The van der Waals surface area contributed by atoms with Gasteiger partial charge >= 0.3 is 6.03 Å². The van der Waals surface area contributed by atoms with Gasteiger partial charge in [-0.05, 0) is 36.5 Å². The second-order valence-corrected chi connectivity index (χ2v) is 5.48. The zero-order valence-corrected chi connectivity index (χ0v) is 14.5. The number of hydrazine groups is 1. The number of amides is 3. The van der Waals surface area contributed by atoms with Crippen molar-refractivity contribution in [1.82, 2.24) is 16.2 Å². The van der Waals surface area contributed by atoms with Crippen molar-refractivity contribution in [1.29, 1.82) is 0 Å². The molecule has 9 heteroatoms. The Balaban J connectivity index is 1.68. The number of urea groups is 1. The van der Waals surface area contributed by atoms with E-state index in [2.05, 4.69) is 21.5 Å². The molecule has 0 aliphatic heterocycles. The van der Waals surface area contributed by atoms with Crippen LogP contribution >= 0.6 is 23.8 Å². The van der Waals surface area contributed by atoms with Gasteiger partial charge in [0.2, 0.25) is 0 Å². The summed E-state index contributed by atoms with van der Waals surface area (Å²) in [5.41, 5.74) is 5.32. The predicted octanol–water partition coefficient (Wildman–Crippen LogP) is 2.45. The zero-order chi connectivity index (χ0) is 18.1. The van der Waals surface area contributed by atoms with Crippen LogP contribution in [0.15, 0.2) is 54.6 Å². The van der Waals surface area contributed by atoms with Crippen LogP contribution in [0.2, 0.25) is 5.02 Å². The fourth-order valence-electron chi connectivity index (χ4n) is 1.70. The molecule has 7 nitrogen and oxygen atoms in total. The van der Waals surface area contributed by atoms with E-state index < -0.39 is 11.9 Å². The molecule has 0 heterocycles. The van der Waals surface area contributed by atoms with Crippen molar-refractivity contribution in [2.24, 2.45) is 0 Å². The molecule has 2 aromatic carbocycles. The van der Waals surface area contributed by atoms with E-state index in [4.69, 9.17) is 28.6 Å². The van der Waals surface area contributed by atoms with Gasteiger partial charge in [0.1, 0.15) is 5.75 Å². The number of benzene rings is 2. The molecular weight excluding hydrogens is 364 g/mol. The molecule has 2 rings (SSSR count). The Kier molecular flexibility index (Phi) is 7.00. The third kappa shape index (κ3) is 6.66. The van der Waals surface area contributed by atoms with Gasteiger partial charge in [0.05, 0.1) is 5.02 Å². The number of hydrogen-bond donors (Lipinski definition) is 4. The third-order valence-electron chi connectivity index (χ3n) is 2.77. The van der Waals surface area contributed by atoms with Crippen molar-refractivity contribution >= 4 is 46.6 Å². The predicted molar refractivity (Wildman–Crippen MR) is 99.4 cm³/mol. The number of carbonyl (C=O) groups is 2. The fraction of sp³-hybridized carbons (Fsp3) is 0.0625. The van der Waals surface area contributed by atoms with E-state index >= 15 is 0 Å². The summed E-state index contributed by atoms with van der Waals surface area (Å²) < 4.78 is 5.27. The number of ether oxygens (including phenoxy) is 1. The van der Waals surface area contributed by atoms with Crippen LogP contribution in [0.25, 0.3) is 0 Å². The molecule has 0 bridgehead atoms. The number of thiocarbonyl (C=S) groups is 1. The van der Waals surface area contributed by atoms with Gasteiger partial charge in [-0.3, -0.25) is 15.5 Å². The number of nitrogens with one attached hydrogen (secondary N) is 4. The quantitative estimate of drug-likeness (QED) is 0.484. The molecule has 0 saturated carbocycles. The molecule has 3 amide bonds. The van der Waals surface area contributed by atoms with Crippen LogP contribution in [0, 0.1) is 0 Å². The second-order valence-electron chi connectivity index (χ2n) is 4.67. The summed E-state index contributed by atoms with van der Waals surface area (Å²) in [6.45, 7) is -0.276. The lowest BCUT2D eigenvalue weighted by molar-refractivity contribution is -0.121. The maximum Gasteiger partial charge on any atom is 0.337 e. The van der Waals surface area contributed by atoms with Crippen molar-refractivity contribution < 1.29 is 14.3 Å². The summed E-state index contributed by atoms with van der Waals surface area (Å²) in [6.07, 6.45) is 0. The molecule has 0 fully saturated rings. The van der Waals surface area contributed by atoms with Crippen molar-refractivity contribution in [3.63, 3.8) is 0 Å². The summed E-state index contributed by atoms with van der Waals surface area (Å²) in [6, 6.07) is 15.1. The first kappa shape index (κ1) is 18.5. The lowest BCUT2D eigenvalue weighted by atomic mass is 10.3. The van der Waals surface area contributed by atoms with Crippen LogP contribution in [0.3, 0.4) is 0 Å². The molecule has 0 spiro atoms. The van der Waals surface area contributed by atoms with Crippen molar-refractivity contribution in [2.75, 3.05) is 11.9 Å². The lowest BCUT2D eigenvalue weighted by Crippen LogP contribution is -2.50. The SMILES string of the molecule is O=C(COc1ccccc1Cl)NC(=S)NNC(=O)Nc1ccccc1. The van der Waals surface area contributed by atoms with Crippen LogP contribution in [0.5, 0.6) is 5.75 Å². The van der Waals surface area contributed by atoms with Gasteiger partial charge in [-0.15, -0.1) is 0 Å². The van der Waals surface area contributed by atoms with Crippen molar-refractivity contribution in [3.05, 3.63) is 59.6 Å². The first-order valence-electron chi connectivity index (χ1n) is 7.14. The second kappa shape index (κ2) is 9.45. The van der Waals surface area contributed by atoms with Crippen molar-refractivity contribution in [3.8, 4) is 5.75 Å². The van der Waals surface area contributed by atoms with E-state index in [9.17, 15) is 9.59 Å². The smallest absolute Gasteiger partial charge is 0.337 e. The Morgan fingerprint density at radius 1 is 1.00 bits per heavy atom. The van der Waals surface area contributed by atoms with Crippen molar-refractivity contribution in [2.45, 2.75) is 0 Å². The molecule has 0 saturated heterocycles. The minimum atomic E-state index is -0.532. The summed E-state index contributed by atoms with van der Waals surface area (Å²) >= 11 is 10.8. The van der Waals surface area contributed by atoms with E-state index in [-0.39, 0.29) is 11.7 Å². The maximum atomic E-state index is 11.7. The molecule has 25 heavy (non-hydrogen) atoms. The Labute approximate surface area is 154 Å². The molecule has 2 aromatic rings. The average molecular weight is 379 g/mol. The molecule has 0 aromatic heterocycles. The summed E-state index contributed by atoms with van der Waals surface area (Å²) in [5.74, 6) is -0.110. The first-order chi connectivity index (χ1) is 12.0. The number of hydrogen-bond acceptors (Lipinski definition) is 4.